The summed E-state index contributed by atoms with van der Waals surface area (Å²) in [5, 5.41) is 13.5. The van der Waals surface area contributed by atoms with Crippen LogP contribution in [0.15, 0.2) is 12.1 Å². The molecule has 0 spiro atoms. The number of phenols is 1. The van der Waals surface area contributed by atoms with Gasteiger partial charge < -0.3 is 15.3 Å². The van der Waals surface area contributed by atoms with E-state index in [1.54, 1.807) is 6.07 Å². The molecule has 0 aromatic heterocycles. The Morgan fingerprint density at radius 2 is 2.05 bits per heavy atom. The van der Waals surface area contributed by atoms with E-state index in [1.807, 2.05) is 0 Å². The molecule has 2 fully saturated rings. The van der Waals surface area contributed by atoms with Gasteiger partial charge in [0.15, 0.2) is 0 Å². The number of hydrogen-bond acceptors (Lipinski definition) is 3. The number of aromatic hydroxyl groups is 1. The Kier molecular flexibility index (Phi) is 3.78. The minimum atomic E-state index is -0.404. The number of piperazine rings is 1. The molecule has 21 heavy (non-hydrogen) atoms. The molecule has 116 valence electrons. The first kappa shape index (κ1) is 14.9. The average molecular weight is 313 g/mol. The molecule has 0 bridgehead atoms. The lowest BCUT2D eigenvalue weighted by Gasteiger charge is -2.52. The molecule has 0 radical (unpaired) electrons. The van der Waals surface area contributed by atoms with Crippen molar-refractivity contribution in [1.82, 2.24) is 5.32 Å². The van der Waals surface area contributed by atoms with Gasteiger partial charge in [0, 0.05) is 30.2 Å². The third-order valence-electron chi connectivity index (χ3n) is 4.60. The van der Waals surface area contributed by atoms with Crippen molar-refractivity contribution in [2.45, 2.75) is 57.2 Å². The third-order valence-corrected chi connectivity index (χ3v) is 4.90. The molecule has 1 aliphatic carbocycles. The summed E-state index contributed by atoms with van der Waals surface area (Å²) in [5.74, 6) is -0.605. The predicted molar refractivity (Wildman–Crippen MR) is 83.7 cm³/mol. The van der Waals surface area contributed by atoms with Gasteiger partial charge in [0.05, 0.1) is 10.7 Å². The summed E-state index contributed by atoms with van der Waals surface area (Å²) >= 11 is 5.99. The van der Waals surface area contributed by atoms with Crippen molar-refractivity contribution < 1.29 is 9.50 Å². The van der Waals surface area contributed by atoms with E-state index in [0.29, 0.717) is 17.8 Å². The standard InChI is InChI=1S/C16H22ClFN2O/c1-16(2)9-20(13-6-4-3-5-12(13)19-16)14-7-10(17)15(21)8-11(14)18/h7-8,12-13,19,21H,3-6,9H2,1-2H3/t12-,13+/m1/s1. The monoisotopic (exact) mass is 312 g/mol. The summed E-state index contributed by atoms with van der Waals surface area (Å²) in [4.78, 5) is 2.14. The number of halogens is 2. The Labute approximate surface area is 130 Å². The number of nitrogens with one attached hydrogen (secondary N) is 1. The highest BCUT2D eigenvalue weighted by atomic mass is 35.5. The zero-order chi connectivity index (χ0) is 15.2. The molecule has 1 aliphatic heterocycles. The second kappa shape index (κ2) is 5.33. The Bertz CT molecular complexity index is 549. The molecule has 1 heterocycles. The number of fused-ring (bicyclic) bond motifs is 1. The molecular weight excluding hydrogens is 291 g/mol. The number of hydrogen-bond donors (Lipinski definition) is 2. The third kappa shape index (κ3) is 2.84. The second-order valence-electron chi connectivity index (χ2n) is 6.87. The molecule has 3 rings (SSSR count). The maximum Gasteiger partial charge on any atom is 0.150 e. The van der Waals surface area contributed by atoms with Crippen LogP contribution in [-0.4, -0.2) is 29.3 Å². The number of nitrogens with zero attached hydrogens (tertiary/aromatic N) is 1. The molecule has 0 amide bonds. The summed E-state index contributed by atoms with van der Waals surface area (Å²) in [6.07, 6.45) is 4.58. The molecule has 1 saturated heterocycles. The normalized spacial score (nSPS) is 28.3. The van der Waals surface area contributed by atoms with E-state index in [1.165, 1.54) is 12.8 Å². The lowest BCUT2D eigenvalue weighted by atomic mass is 9.83. The van der Waals surface area contributed by atoms with Gasteiger partial charge in [-0.25, -0.2) is 4.39 Å². The van der Waals surface area contributed by atoms with Gasteiger partial charge in [-0.2, -0.15) is 0 Å². The average Bonchev–Trinajstić information content (AvgIpc) is 2.41. The molecule has 2 N–H and O–H groups in total. The highest BCUT2D eigenvalue weighted by molar-refractivity contribution is 6.32. The van der Waals surface area contributed by atoms with Crippen LogP contribution in [0.4, 0.5) is 10.1 Å². The molecule has 3 nitrogen and oxygen atoms in total. The summed E-state index contributed by atoms with van der Waals surface area (Å²) in [7, 11) is 0. The van der Waals surface area contributed by atoms with Crippen molar-refractivity contribution in [2.24, 2.45) is 0 Å². The van der Waals surface area contributed by atoms with E-state index in [9.17, 15) is 9.50 Å². The van der Waals surface area contributed by atoms with Crippen LogP contribution >= 0.6 is 11.6 Å². The van der Waals surface area contributed by atoms with Gasteiger partial charge >= 0.3 is 0 Å². The minimum Gasteiger partial charge on any atom is -0.506 e. The van der Waals surface area contributed by atoms with E-state index in [-0.39, 0.29) is 16.3 Å². The Morgan fingerprint density at radius 1 is 1.33 bits per heavy atom. The van der Waals surface area contributed by atoms with E-state index in [2.05, 4.69) is 24.1 Å². The lowest BCUT2D eigenvalue weighted by molar-refractivity contribution is 0.198. The van der Waals surface area contributed by atoms with Crippen LogP contribution in [0.25, 0.3) is 0 Å². The molecule has 1 aromatic rings. The van der Waals surface area contributed by atoms with Crippen molar-refractivity contribution in [3.05, 3.63) is 23.0 Å². The Morgan fingerprint density at radius 3 is 2.81 bits per heavy atom. The van der Waals surface area contributed by atoms with Crippen LogP contribution in [0.3, 0.4) is 0 Å². The zero-order valence-electron chi connectivity index (χ0n) is 12.5. The maximum atomic E-state index is 14.3. The second-order valence-corrected chi connectivity index (χ2v) is 7.28. The van der Waals surface area contributed by atoms with Gasteiger partial charge in [-0.05, 0) is 32.8 Å². The topological polar surface area (TPSA) is 35.5 Å². The summed E-state index contributed by atoms with van der Waals surface area (Å²) in [6, 6.07) is 3.35. The fourth-order valence-electron chi connectivity index (χ4n) is 3.75. The molecule has 1 aromatic carbocycles. The van der Waals surface area contributed by atoms with Crippen LogP contribution in [0.2, 0.25) is 5.02 Å². The van der Waals surface area contributed by atoms with Gasteiger partial charge in [-0.3, -0.25) is 0 Å². The fraction of sp³-hybridized carbons (Fsp3) is 0.625. The Hall–Kier alpha value is -1.00. The van der Waals surface area contributed by atoms with Crippen LogP contribution in [0.1, 0.15) is 39.5 Å². The Balaban J connectivity index is 2.00. The van der Waals surface area contributed by atoms with Crippen molar-refractivity contribution in [3.8, 4) is 5.75 Å². The molecular formula is C16H22ClFN2O. The quantitative estimate of drug-likeness (QED) is 0.830. The smallest absolute Gasteiger partial charge is 0.150 e. The molecule has 2 aliphatic rings. The number of phenolic OH excluding ortho intramolecular Hbond substituents is 1. The molecule has 1 saturated carbocycles. The summed E-state index contributed by atoms with van der Waals surface area (Å²) in [6.45, 7) is 5.02. The van der Waals surface area contributed by atoms with Crippen LogP contribution < -0.4 is 10.2 Å². The molecule has 0 unspecified atom stereocenters. The molecule has 2 atom stereocenters. The van der Waals surface area contributed by atoms with Gasteiger partial charge in [0.25, 0.3) is 0 Å². The first-order chi connectivity index (χ1) is 9.87. The zero-order valence-corrected chi connectivity index (χ0v) is 13.3. The van der Waals surface area contributed by atoms with Gasteiger partial charge in [-0.15, -0.1) is 0 Å². The highest BCUT2D eigenvalue weighted by Gasteiger charge is 2.41. The van der Waals surface area contributed by atoms with E-state index in [0.717, 1.165) is 25.5 Å². The van der Waals surface area contributed by atoms with Gasteiger partial charge in [-0.1, -0.05) is 24.4 Å². The van der Waals surface area contributed by atoms with E-state index < -0.39 is 5.82 Å². The van der Waals surface area contributed by atoms with E-state index >= 15 is 0 Å². The minimum absolute atomic E-state index is 0.0741. The predicted octanol–water partition coefficient (Wildman–Crippen LogP) is 3.68. The van der Waals surface area contributed by atoms with Crippen molar-refractivity contribution in [2.75, 3.05) is 11.4 Å². The van der Waals surface area contributed by atoms with Crippen LogP contribution in [0.5, 0.6) is 5.75 Å². The van der Waals surface area contributed by atoms with E-state index in [4.69, 9.17) is 11.6 Å². The van der Waals surface area contributed by atoms with Gasteiger partial charge in [0.1, 0.15) is 11.6 Å². The SMILES string of the molecule is CC1(C)CN(c2cc(Cl)c(O)cc2F)[C@H]2CCCC[C@H]2N1. The molecule has 5 heteroatoms. The van der Waals surface area contributed by atoms with Crippen LogP contribution in [-0.2, 0) is 0 Å². The van der Waals surface area contributed by atoms with Crippen molar-refractivity contribution >= 4 is 17.3 Å². The van der Waals surface area contributed by atoms with Gasteiger partial charge in [0.2, 0.25) is 0 Å². The number of rotatable bonds is 1. The number of anilines is 1. The number of benzene rings is 1. The van der Waals surface area contributed by atoms with Crippen molar-refractivity contribution in [3.63, 3.8) is 0 Å². The largest absolute Gasteiger partial charge is 0.506 e. The fourth-order valence-corrected chi connectivity index (χ4v) is 3.91. The van der Waals surface area contributed by atoms with Crippen molar-refractivity contribution in [1.29, 1.82) is 0 Å². The first-order valence-corrected chi connectivity index (χ1v) is 7.97. The van der Waals surface area contributed by atoms with Crippen LogP contribution in [0, 0.1) is 5.82 Å². The summed E-state index contributed by atoms with van der Waals surface area (Å²) < 4.78 is 14.3. The maximum absolute atomic E-state index is 14.3. The summed E-state index contributed by atoms with van der Waals surface area (Å²) in [5.41, 5.74) is 0.430. The lowest BCUT2D eigenvalue weighted by Crippen LogP contribution is -2.67. The highest BCUT2D eigenvalue weighted by Crippen LogP contribution is 2.38. The first-order valence-electron chi connectivity index (χ1n) is 7.60.